The molecule has 0 spiro atoms. The van der Waals surface area contributed by atoms with Gasteiger partial charge in [-0.15, -0.1) is 10.2 Å². The molecule has 6 bridgehead atoms. The lowest BCUT2D eigenvalue weighted by Gasteiger charge is -2.17. The van der Waals surface area contributed by atoms with Crippen LogP contribution in [0.4, 0.5) is 23.3 Å². The molecule has 1 aliphatic heterocycles. The number of amides is 1. The molecule has 34 heavy (non-hydrogen) atoms. The lowest BCUT2D eigenvalue weighted by molar-refractivity contribution is 0.0957. The third kappa shape index (κ3) is 4.39. The number of nitrogens with zero attached hydrogens (tertiary/aromatic N) is 7. The highest BCUT2D eigenvalue weighted by atomic mass is 32.2. The summed E-state index contributed by atoms with van der Waals surface area (Å²) in [5, 5.41) is 21.7. The monoisotopic (exact) mass is 474 g/mol. The fourth-order valence-electron chi connectivity index (χ4n) is 3.56. The summed E-state index contributed by atoms with van der Waals surface area (Å²) < 4.78 is 1.67. The van der Waals surface area contributed by atoms with Crippen LogP contribution in [0.5, 0.6) is 0 Å². The summed E-state index contributed by atoms with van der Waals surface area (Å²) in [7, 11) is 3.37. The Balaban J connectivity index is 1.67. The molecule has 5 rings (SSSR count). The maximum Gasteiger partial charge on any atom is 0.275 e. The number of anilines is 4. The number of hydrogen-bond acceptors (Lipinski definition) is 10. The van der Waals surface area contributed by atoms with Crippen molar-refractivity contribution in [3.05, 3.63) is 59.2 Å². The number of aryl methyl sites for hydroxylation is 1. The van der Waals surface area contributed by atoms with Crippen LogP contribution in [0.2, 0.25) is 0 Å². The Bertz CT molecular complexity index is 1390. The van der Waals surface area contributed by atoms with E-state index in [9.17, 15) is 4.79 Å². The predicted molar refractivity (Wildman–Crippen MR) is 130 cm³/mol. The Labute approximate surface area is 199 Å². The van der Waals surface area contributed by atoms with Gasteiger partial charge in [0.1, 0.15) is 12.1 Å². The van der Waals surface area contributed by atoms with Gasteiger partial charge in [0.05, 0.1) is 5.69 Å². The average Bonchev–Trinajstić information content (AvgIpc) is 3.26. The first kappa shape index (κ1) is 21.8. The van der Waals surface area contributed by atoms with Crippen molar-refractivity contribution in [1.29, 1.82) is 0 Å². The van der Waals surface area contributed by atoms with Crippen LogP contribution in [0.25, 0.3) is 11.4 Å². The van der Waals surface area contributed by atoms with Crippen LogP contribution < -0.4 is 16.0 Å². The fourth-order valence-corrected chi connectivity index (χ4v) is 4.44. The topological polar surface area (TPSA) is 135 Å². The summed E-state index contributed by atoms with van der Waals surface area (Å²) in [5.74, 6) is 2.83. The highest BCUT2D eigenvalue weighted by Gasteiger charge is 2.20. The average molecular weight is 475 g/mol. The van der Waals surface area contributed by atoms with E-state index in [0.717, 1.165) is 39.6 Å². The van der Waals surface area contributed by atoms with E-state index in [-0.39, 0.29) is 17.5 Å². The van der Waals surface area contributed by atoms with Crippen molar-refractivity contribution in [2.24, 2.45) is 7.05 Å². The van der Waals surface area contributed by atoms with Crippen molar-refractivity contribution in [3.8, 4) is 11.4 Å². The Hall–Kier alpha value is -4.06. The molecule has 0 radical (unpaired) electrons. The van der Waals surface area contributed by atoms with Gasteiger partial charge >= 0.3 is 0 Å². The second kappa shape index (κ2) is 9.06. The summed E-state index contributed by atoms with van der Waals surface area (Å²) >= 11 is 1.76. The van der Waals surface area contributed by atoms with E-state index in [2.05, 4.69) is 52.3 Å². The molecular formula is C22H22N10OS. The van der Waals surface area contributed by atoms with Gasteiger partial charge < -0.3 is 16.0 Å². The predicted octanol–water partition coefficient (Wildman–Crippen LogP) is 2.96. The van der Waals surface area contributed by atoms with Crippen LogP contribution in [0.3, 0.4) is 0 Å². The molecule has 4 heterocycles. The number of hydrogen-bond donors (Lipinski definition) is 3. The number of rotatable bonds is 2. The molecule has 0 fully saturated rings. The molecule has 3 aromatic heterocycles. The van der Waals surface area contributed by atoms with Gasteiger partial charge in [-0.05, 0) is 42.3 Å². The van der Waals surface area contributed by atoms with Crippen LogP contribution in [0.15, 0.2) is 36.7 Å². The lowest BCUT2D eigenvalue weighted by Crippen LogP contribution is -2.22. The van der Waals surface area contributed by atoms with E-state index >= 15 is 0 Å². The Morgan fingerprint density at radius 2 is 2.03 bits per heavy atom. The standard InChI is InChI=1S/C22H22N10OS/c1-12-15(19-24-11-32(3)31-19)7-13-8-16(12)26-20-18(21(33)23-2)29-30-22(28-20)27-17-6-4-5-14(25-17)10-34-9-13/h4-8,11H,9-10H2,1-3H3,(H,23,33)(H2,25,26,27,28,30). The zero-order chi connectivity index (χ0) is 23.7. The van der Waals surface area contributed by atoms with E-state index in [4.69, 9.17) is 0 Å². The summed E-state index contributed by atoms with van der Waals surface area (Å²) in [4.78, 5) is 26.1. The van der Waals surface area contributed by atoms with Crippen LogP contribution >= 0.6 is 11.8 Å². The molecule has 1 amide bonds. The largest absolute Gasteiger partial charge is 0.354 e. The van der Waals surface area contributed by atoms with Gasteiger partial charge in [0.2, 0.25) is 5.95 Å². The third-order valence-electron chi connectivity index (χ3n) is 5.26. The molecule has 11 nitrogen and oxygen atoms in total. The van der Waals surface area contributed by atoms with Crippen molar-refractivity contribution >= 4 is 40.9 Å². The normalized spacial score (nSPS) is 12.8. The van der Waals surface area contributed by atoms with Gasteiger partial charge in [0.25, 0.3) is 5.91 Å². The zero-order valence-corrected chi connectivity index (χ0v) is 19.6. The number of carbonyl (C=O) groups excluding carboxylic acids is 1. The molecule has 0 saturated heterocycles. The quantitative estimate of drug-likeness (QED) is 0.398. The van der Waals surface area contributed by atoms with Crippen molar-refractivity contribution in [2.75, 3.05) is 17.7 Å². The molecule has 12 heteroatoms. The van der Waals surface area contributed by atoms with Gasteiger partial charge in [-0.3, -0.25) is 9.48 Å². The number of thioether (sulfide) groups is 1. The SMILES string of the molecule is CNC(=O)c1nnc2nc1Nc1cc(cc(-c3ncn(C)n3)c1C)CSCc1cccc(n1)N2. The summed E-state index contributed by atoms with van der Waals surface area (Å²) in [6.45, 7) is 1.98. The van der Waals surface area contributed by atoms with Gasteiger partial charge in [-0.2, -0.15) is 21.8 Å². The van der Waals surface area contributed by atoms with Crippen molar-refractivity contribution in [2.45, 2.75) is 18.4 Å². The minimum Gasteiger partial charge on any atom is -0.354 e. The molecule has 172 valence electrons. The minimum absolute atomic E-state index is 0.0820. The van der Waals surface area contributed by atoms with Gasteiger partial charge in [0, 0.05) is 36.9 Å². The Morgan fingerprint density at radius 1 is 1.15 bits per heavy atom. The fraction of sp³-hybridized carbons (Fsp3) is 0.227. The molecule has 0 aliphatic carbocycles. The second-order valence-corrected chi connectivity index (χ2v) is 8.71. The van der Waals surface area contributed by atoms with E-state index in [0.29, 0.717) is 11.6 Å². The van der Waals surface area contributed by atoms with E-state index in [1.54, 1.807) is 22.8 Å². The maximum absolute atomic E-state index is 12.5. The Morgan fingerprint density at radius 3 is 2.82 bits per heavy atom. The first-order chi connectivity index (χ1) is 16.5. The minimum atomic E-state index is -0.397. The zero-order valence-electron chi connectivity index (χ0n) is 18.8. The number of carbonyl (C=O) groups is 1. The lowest BCUT2D eigenvalue weighted by atomic mass is 10.0. The van der Waals surface area contributed by atoms with Crippen LogP contribution in [-0.2, 0) is 18.6 Å². The molecule has 1 aromatic carbocycles. The molecule has 0 atom stereocenters. The van der Waals surface area contributed by atoms with Gasteiger partial charge in [0.15, 0.2) is 17.3 Å². The van der Waals surface area contributed by atoms with Gasteiger partial charge in [-0.25, -0.2) is 9.97 Å². The van der Waals surface area contributed by atoms with Crippen LogP contribution in [0.1, 0.15) is 27.3 Å². The van der Waals surface area contributed by atoms with Crippen LogP contribution in [-0.4, -0.2) is 47.9 Å². The summed E-state index contributed by atoms with van der Waals surface area (Å²) in [6, 6.07) is 9.89. The van der Waals surface area contributed by atoms with Crippen molar-refractivity contribution < 1.29 is 4.79 Å². The number of benzene rings is 1. The van der Waals surface area contributed by atoms with Crippen molar-refractivity contribution in [1.82, 2.24) is 40.2 Å². The summed E-state index contributed by atoms with van der Waals surface area (Å²) in [6.07, 6.45) is 1.67. The maximum atomic E-state index is 12.5. The number of fused-ring (bicyclic) bond motifs is 6. The van der Waals surface area contributed by atoms with E-state index in [1.807, 2.05) is 38.2 Å². The molecule has 4 aromatic rings. The molecule has 3 N–H and O–H groups in total. The highest BCUT2D eigenvalue weighted by Crippen LogP contribution is 2.33. The third-order valence-corrected chi connectivity index (χ3v) is 6.29. The smallest absolute Gasteiger partial charge is 0.275 e. The first-order valence-corrected chi connectivity index (χ1v) is 11.7. The molecular weight excluding hydrogens is 452 g/mol. The first-order valence-electron chi connectivity index (χ1n) is 10.5. The number of pyridine rings is 1. The second-order valence-electron chi connectivity index (χ2n) is 7.73. The number of aromatic nitrogens is 7. The van der Waals surface area contributed by atoms with Crippen LogP contribution in [0, 0.1) is 6.92 Å². The summed E-state index contributed by atoms with van der Waals surface area (Å²) in [5.41, 5.74) is 4.70. The number of nitrogens with one attached hydrogen (secondary N) is 3. The Kier molecular flexibility index (Phi) is 5.80. The molecule has 1 aliphatic rings. The van der Waals surface area contributed by atoms with E-state index in [1.165, 1.54) is 7.05 Å². The molecule has 0 saturated carbocycles. The van der Waals surface area contributed by atoms with Gasteiger partial charge in [-0.1, -0.05) is 6.07 Å². The highest BCUT2D eigenvalue weighted by molar-refractivity contribution is 7.97. The van der Waals surface area contributed by atoms with Crippen molar-refractivity contribution in [3.63, 3.8) is 0 Å². The molecule has 0 unspecified atom stereocenters. The van der Waals surface area contributed by atoms with E-state index < -0.39 is 5.91 Å².